The molecule has 0 radical (unpaired) electrons. The Morgan fingerprint density at radius 2 is 1.92 bits per heavy atom. The van der Waals surface area contributed by atoms with Gasteiger partial charge in [-0.2, -0.15) is 0 Å². The molecule has 1 N–H and O–H groups in total. The van der Waals surface area contributed by atoms with Gasteiger partial charge in [0, 0.05) is 18.1 Å². The molecule has 0 amide bonds. The zero-order valence-corrected chi connectivity index (χ0v) is 7.38. The first kappa shape index (κ1) is 9.91. The van der Waals surface area contributed by atoms with Crippen LogP contribution in [-0.4, -0.2) is 14.7 Å². The average Bonchev–Trinajstić information content (AvgIpc) is 2.58. The molecule has 0 unspecified atom stereocenters. The summed E-state index contributed by atoms with van der Waals surface area (Å²) in [5, 5.41) is 9.03. The predicted octanol–water partition coefficient (Wildman–Crippen LogP) is -1.31. The molecule has 0 atom stereocenters. The van der Waals surface area contributed by atoms with Crippen LogP contribution in [0.5, 0.6) is 5.75 Å². The Bertz CT molecular complexity index is 361. The number of aromatic hydroxyl groups is 1. The molecule has 0 saturated heterocycles. The normalized spacial score (nSPS) is 9.23. The van der Waals surface area contributed by atoms with E-state index < -0.39 is 0 Å². The van der Waals surface area contributed by atoms with Crippen molar-refractivity contribution in [2.24, 2.45) is 0 Å². The van der Waals surface area contributed by atoms with Crippen LogP contribution in [0.15, 0.2) is 43.0 Å². The molecule has 0 saturated carbocycles. The van der Waals surface area contributed by atoms with E-state index in [9.17, 15) is 0 Å². The maximum Gasteiger partial charge on any atom is 1.00 e. The summed E-state index contributed by atoms with van der Waals surface area (Å²) in [5.41, 5.74) is 0.991. The maximum atomic E-state index is 9.03. The van der Waals surface area contributed by atoms with Gasteiger partial charge in [0.25, 0.3) is 0 Å². The Labute approximate surface area is 89.7 Å². The van der Waals surface area contributed by atoms with E-state index in [0.29, 0.717) is 0 Å². The van der Waals surface area contributed by atoms with E-state index in [-0.39, 0.29) is 26.0 Å². The van der Waals surface area contributed by atoms with Gasteiger partial charge in [-0.1, -0.05) is 0 Å². The van der Waals surface area contributed by atoms with Crippen LogP contribution in [0.4, 0.5) is 0 Å². The molecule has 3 nitrogen and oxygen atoms in total. The van der Waals surface area contributed by atoms with Gasteiger partial charge in [-0.3, -0.25) is 0 Å². The summed E-state index contributed by atoms with van der Waals surface area (Å²) < 4.78 is 1.87. The molecular weight excluding hydrogens is 159 g/mol. The van der Waals surface area contributed by atoms with E-state index in [0.717, 1.165) is 5.69 Å². The minimum Gasteiger partial charge on any atom is -1.00 e. The van der Waals surface area contributed by atoms with Gasteiger partial charge in [0.2, 0.25) is 0 Å². The molecule has 13 heavy (non-hydrogen) atoms. The van der Waals surface area contributed by atoms with Crippen LogP contribution < -0.4 is 18.9 Å². The Morgan fingerprint density at radius 3 is 2.46 bits per heavy atom. The van der Waals surface area contributed by atoms with Gasteiger partial charge in [-0.15, -0.1) is 0 Å². The third kappa shape index (κ3) is 2.15. The summed E-state index contributed by atoms with van der Waals surface area (Å²) in [6.45, 7) is 0. The fourth-order valence-corrected chi connectivity index (χ4v) is 1.04. The van der Waals surface area contributed by atoms with Crippen molar-refractivity contribution in [2.45, 2.75) is 0 Å². The van der Waals surface area contributed by atoms with Gasteiger partial charge in [-0.25, -0.2) is 4.98 Å². The second-order valence-corrected chi connectivity index (χ2v) is 2.49. The van der Waals surface area contributed by atoms with Crippen molar-refractivity contribution in [2.75, 3.05) is 0 Å². The molecule has 0 bridgehead atoms. The summed E-state index contributed by atoms with van der Waals surface area (Å²) in [6, 6.07) is 6.96. The molecule has 62 valence electrons. The molecule has 1 heterocycles. The first-order chi connectivity index (χ1) is 5.86. The van der Waals surface area contributed by atoms with E-state index in [1.807, 2.05) is 22.9 Å². The first-order valence-corrected chi connectivity index (χ1v) is 3.63. The smallest absolute Gasteiger partial charge is 1.00 e. The van der Waals surface area contributed by atoms with E-state index in [2.05, 4.69) is 4.98 Å². The molecule has 0 aliphatic heterocycles. The Balaban J connectivity index is 0.000000845. The van der Waals surface area contributed by atoms with Crippen LogP contribution in [-0.2, 0) is 0 Å². The van der Waals surface area contributed by atoms with Gasteiger partial charge in [0.1, 0.15) is 5.75 Å². The number of benzene rings is 1. The zero-order chi connectivity index (χ0) is 8.39. The molecule has 0 spiro atoms. The van der Waals surface area contributed by atoms with Crippen molar-refractivity contribution in [1.82, 2.24) is 9.55 Å². The van der Waals surface area contributed by atoms with Crippen LogP contribution in [0.2, 0.25) is 0 Å². The monoisotopic (exact) mass is 168 g/mol. The largest absolute Gasteiger partial charge is 1.00 e. The number of phenolic OH excluding ortho intramolecular Hbond substituents is 1. The van der Waals surface area contributed by atoms with E-state index in [1.54, 1.807) is 24.7 Å². The van der Waals surface area contributed by atoms with Crippen LogP contribution in [0.3, 0.4) is 0 Å². The Morgan fingerprint density at radius 1 is 1.23 bits per heavy atom. The number of hydrogen-bond donors (Lipinski definition) is 1. The number of nitrogens with zero attached hydrogens (tertiary/aromatic N) is 2. The maximum absolute atomic E-state index is 9.03. The van der Waals surface area contributed by atoms with Crippen LogP contribution in [0.1, 0.15) is 1.43 Å². The summed E-state index contributed by atoms with van der Waals surface area (Å²) in [7, 11) is 0. The Kier molecular flexibility index (Phi) is 3.18. The topological polar surface area (TPSA) is 38.0 Å². The number of rotatable bonds is 1. The third-order valence-corrected chi connectivity index (χ3v) is 1.65. The Hall–Kier alpha value is -1.17. The fraction of sp³-hybridized carbons (Fsp3) is 0. The van der Waals surface area contributed by atoms with Gasteiger partial charge < -0.3 is 11.1 Å². The number of hydrogen-bond acceptors (Lipinski definition) is 2. The predicted molar refractivity (Wildman–Crippen MR) is 46.3 cm³/mol. The summed E-state index contributed by atoms with van der Waals surface area (Å²) in [4.78, 5) is 3.92. The fourth-order valence-electron chi connectivity index (χ4n) is 1.04. The minimum absolute atomic E-state index is 0. The number of imidazole rings is 1. The van der Waals surface area contributed by atoms with E-state index in [4.69, 9.17) is 5.11 Å². The van der Waals surface area contributed by atoms with Crippen LogP contribution in [0.25, 0.3) is 5.69 Å². The van der Waals surface area contributed by atoms with E-state index >= 15 is 0 Å². The molecular formula is C9H9LiN2O. The average molecular weight is 168 g/mol. The molecule has 2 rings (SSSR count). The number of aromatic nitrogens is 2. The summed E-state index contributed by atoms with van der Waals surface area (Å²) in [6.07, 6.45) is 5.28. The standard InChI is InChI=1S/C9H8N2O.Li.H/c12-9-3-1-8(2-4-9)11-6-5-10-7-11;;/h1-7,12H;;/q;+1;-1. The van der Waals surface area contributed by atoms with E-state index in [1.165, 1.54) is 0 Å². The first-order valence-electron chi connectivity index (χ1n) is 3.63. The van der Waals surface area contributed by atoms with Crippen molar-refractivity contribution in [3.8, 4) is 11.4 Å². The molecule has 0 aliphatic rings. The summed E-state index contributed by atoms with van der Waals surface area (Å²) >= 11 is 0. The SMILES string of the molecule is Oc1ccc(-n2ccnc2)cc1.[H-].[Li+]. The van der Waals surface area contributed by atoms with Crippen molar-refractivity contribution < 1.29 is 25.4 Å². The third-order valence-electron chi connectivity index (χ3n) is 1.65. The van der Waals surface area contributed by atoms with Crippen molar-refractivity contribution >= 4 is 0 Å². The van der Waals surface area contributed by atoms with Crippen molar-refractivity contribution in [1.29, 1.82) is 0 Å². The van der Waals surface area contributed by atoms with Gasteiger partial charge in [-0.05, 0) is 24.3 Å². The molecule has 2 aromatic rings. The second kappa shape index (κ2) is 4.17. The molecule has 1 aromatic heterocycles. The quantitative estimate of drug-likeness (QED) is 0.537. The molecule has 1 aromatic carbocycles. The molecule has 0 fully saturated rings. The minimum atomic E-state index is 0. The van der Waals surface area contributed by atoms with Gasteiger partial charge in [0.15, 0.2) is 0 Å². The molecule has 0 aliphatic carbocycles. The number of phenols is 1. The van der Waals surface area contributed by atoms with Gasteiger partial charge in [0.05, 0.1) is 6.33 Å². The summed E-state index contributed by atoms with van der Waals surface area (Å²) in [5.74, 6) is 0.277. The van der Waals surface area contributed by atoms with Crippen LogP contribution >= 0.6 is 0 Å². The van der Waals surface area contributed by atoms with Crippen LogP contribution in [0, 0.1) is 0 Å². The van der Waals surface area contributed by atoms with Gasteiger partial charge >= 0.3 is 18.9 Å². The second-order valence-electron chi connectivity index (χ2n) is 2.49. The van der Waals surface area contributed by atoms with Crippen molar-refractivity contribution in [3.63, 3.8) is 0 Å². The van der Waals surface area contributed by atoms with Crippen molar-refractivity contribution in [3.05, 3.63) is 43.0 Å². The zero-order valence-electron chi connectivity index (χ0n) is 8.38. The molecule has 4 heteroatoms.